The van der Waals surface area contributed by atoms with Crippen molar-refractivity contribution >= 4 is 15.8 Å². The van der Waals surface area contributed by atoms with E-state index in [-0.39, 0.29) is 6.03 Å². The van der Waals surface area contributed by atoms with Gasteiger partial charge in [-0.25, -0.2) is 23.4 Å². The van der Waals surface area contributed by atoms with Crippen LogP contribution in [0.25, 0.3) is 0 Å². The molecule has 3 saturated carbocycles. The van der Waals surface area contributed by atoms with E-state index in [1.54, 1.807) is 0 Å². The van der Waals surface area contributed by atoms with Gasteiger partial charge in [0.15, 0.2) is 5.82 Å². The number of hydrogen-bond acceptors (Lipinski definition) is 5. The third-order valence-corrected chi connectivity index (χ3v) is 10.3. The fraction of sp³-hybridized carbons (Fsp3) is 0.654. The summed E-state index contributed by atoms with van der Waals surface area (Å²) in [5.74, 6) is 2.29. The second-order valence-corrected chi connectivity index (χ2v) is 14.5. The Hall–Kier alpha value is -2.42. The first-order valence-electron chi connectivity index (χ1n) is 13.0. The monoisotopic (exact) mass is 494 g/mol. The van der Waals surface area contributed by atoms with Crippen LogP contribution < -0.4 is 0 Å². The number of carbonyl (C=O) groups excluding carboxylic acids is 1. The largest absolute Gasteiger partial charge is 0.323 e. The molecule has 0 radical (unpaired) electrons. The molecule has 1 aromatic carbocycles. The second-order valence-electron chi connectivity index (χ2n) is 12.4. The van der Waals surface area contributed by atoms with E-state index >= 15 is 0 Å². The minimum atomic E-state index is -2.64. The Morgan fingerprint density at radius 1 is 1.03 bits per heavy atom. The minimum absolute atomic E-state index is 0.235. The number of urea groups is 1. The molecule has 0 unspecified atom stereocenters. The molecule has 9 heteroatoms. The van der Waals surface area contributed by atoms with E-state index in [1.807, 2.05) is 30.6 Å². The maximum Gasteiger partial charge on any atom is 0.320 e. The summed E-state index contributed by atoms with van der Waals surface area (Å²) in [5, 5.41) is 4.70. The van der Waals surface area contributed by atoms with Crippen molar-refractivity contribution in [3.63, 3.8) is 0 Å². The van der Waals surface area contributed by atoms with Crippen LogP contribution in [-0.2, 0) is 16.1 Å². The highest BCUT2D eigenvalue weighted by molar-refractivity contribution is 7.91. The summed E-state index contributed by atoms with van der Waals surface area (Å²) in [6.45, 7) is 3.62. The lowest BCUT2D eigenvalue weighted by Gasteiger charge is -2.63. The van der Waals surface area contributed by atoms with E-state index in [1.165, 1.54) is 37.5 Å². The zero-order valence-corrected chi connectivity index (χ0v) is 21.2. The van der Waals surface area contributed by atoms with Gasteiger partial charge in [0, 0.05) is 54.1 Å². The van der Waals surface area contributed by atoms with Crippen molar-refractivity contribution in [3.05, 3.63) is 42.0 Å². The summed E-state index contributed by atoms with van der Waals surface area (Å²) in [6.07, 6.45) is 11.5. The van der Waals surface area contributed by atoms with Gasteiger partial charge < -0.3 is 9.80 Å². The highest BCUT2D eigenvalue weighted by atomic mass is 32.2. The molecule has 0 bridgehead atoms. The number of aromatic nitrogens is 3. The lowest BCUT2D eigenvalue weighted by Crippen LogP contribution is -2.71. The van der Waals surface area contributed by atoms with Crippen molar-refractivity contribution in [1.82, 2.24) is 24.6 Å². The average Bonchev–Trinajstić information content (AvgIpc) is 3.44. The molecule has 2 saturated heterocycles. The number of benzene rings is 1. The van der Waals surface area contributed by atoms with Crippen molar-refractivity contribution in [1.29, 1.82) is 4.78 Å². The van der Waals surface area contributed by atoms with Crippen molar-refractivity contribution in [2.45, 2.75) is 61.8 Å². The lowest BCUT2D eigenvalue weighted by molar-refractivity contribution is -0.107. The van der Waals surface area contributed by atoms with E-state index in [9.17, 15) is 9.00 Å². The second kappa shape index (κ2) is 7.31. The van der Waals surface area contributed by atoms with Crippen molar-refractivity contribution < 1.29 is 9.00 Å². The molecule has 3 heterocycles. The van der Waals surface area contributed by atoms with Gasteiger partial charge in [-0.1, -0.05) is 12.1 Å². The first-order chi connectivity index (χ1) is 16.7. The Bertz CT molecular complexity index is 1250. The average molecular weight is 495 g/mol. The predicted octanol–water partition coefficient (Wildman–Crippen LogP) is 3.90. The van der Waals surface area contributed by atoms with Crippen LogP contribution in [0.4, 0.5) is 4.79 Å². The number of hydrogen-bond donors (Lipinski definition) is 1. The maximum atomic E-state index is 13.0. The molecule has 3 aliphatic carbocycles. The van der Waals surface area contributed by atoms with E-state index in [0.717, 1.165) is 51.3 Å². The molecule has 1 atom stereocenters. The normalized spacial score (nSPS) is 26.5. The van der Waals surface area contributed by atoms with Crippen molar-refractivity contribution in [2.24, 2.45) is 16.7 Å². The van der Waals surface area contributed by atoms with Gasteiger partial charge in [-0.15, -0.1) is 0 Å². The highest BCUT2D eigenvalue weighted by Crippen LogP contribution is 2.56. The van der Waals surface area contributed by atoms with Gasteiger partial charge in [0.1, 0.15) is 6.33 Å². The smallest absolute Gasteiger partial charge is 0.320 e. The number of carbonyl (C=O) groups is 1. The van der Waals surface area contributed by atoms with Crippen LogP contribution in [0.2, 0.25) is 0 Å². The molecule has 2 aliphatic heterocycles. The fourth-order valence-corrected chi connectivity index (χ4v) is 7.82. The third-order valence-electron chi connectivity index (χ3n) is 9.17. The molecule has 8 nitrogen and oxygen atoms in total. The van der Waals surface area contributed by atoms with Crippen LogP contribution in [0.5, 0.6) is 0 Å². The number of amides is 2. The number of nitrogens with zero attached hydrogens (tertiary/aromatic N) is 5. The number of rotatable bonds is 5. The molecular formula is C26H34N6O2S. The summed E-state index contributed by atoms with van der Waals surface area (Å²) in [4.78, 5) is 22.2. The molecule has 1 aromatic heterocycles. The van der Waals surface area contributed by atoms with Gasteiger partial charge in [0.2, 0.25) is 0 Å². The molecule has 2 amide bonds. The van der Waals surface area contributed by atoms with Crippen LogP contribution >= 0.6 is 0 Å². The summed E-state index contributed by atoms with van der Waals surface area (Å²) < 4.78 is 21.6. The molecular weight excluding hydrogens is 460 g/mol. The quantitative estimate of drug-likeness (QED) is 0.682. The van der Waals surface area contributed by atoms with Crippen LogP contribution in [0, 0.1) is 21.5 Å². The summed E-state index contributed by atoms with van der Waals surface area (Å²) in [5.41, 5.74) is 1.91. The van der Waals surface area contributed by atoms with Gasteiger partial charge >= 0.3 is 6.03 Å². The zero-order chi connectivity index (χ0) is 24.0. The third kappa shape index (κ3) is 3.77. The van der Waals surface area contributed by atoms with Gasteiger partial charge in [-0.2, -0.15) is 5.10 Å². The molecule has 2 aromatic rings. The first kappa shape index (κ1) is 21.8. The van der Waals surface area contributed by atoms with Crippen LogP contribution in [0.3, 0.4) is 0 Å². The van der Waals surface area contributed by atoms with Crippen molar-refractivity contribution in [2.75, 3.05) is 32.4 Å². The maximum absolute atomic E-state index is 13.0. The zero-order valence-electron chi connectivity index (χ0n) is 20.4. The Morgan fingerprint density at radius 2 is 1.63 bits per heavy atom. The Morgan fingerprint density at radius 3 is 2.20 bits per heavy atom. The van der Waals surface area contributed by atoms with Gasteiger partial charge in [-0.05, 0) is 68.6 Å². The first-order valence-corrected chi connectivity index (χ1v) is 14.9. The molecule has 35 heavy (non-hydrogen) atoms. The van der Waals surface area contributed by atoms with Gasteiger partial charge in [0.05, 0.1) is 15.8 Å². The molecule has 7 rings (SSSR count). The predicted molar refractivity (Wildman–Crippen MR) is 132 cm³/mol. The molecule has 186 valence electrons. The molecule has 1 N–H and O–H groups in total. The van der Waals surface area contributed by atoms with Gasteiger partial charge in [0.25, 0.3) is 0 Å². The lowest BCUT2D eigenvalue weighted by atomic mass is 9.56. The summed E-state index contributed by atoms with van der Waals surface area (Å²) >= 11 is 0. The highest BCUT2D eigenvalue weighted by Gasteiger charge is 2.58. The number of nitrogens with one attached hydrogen (secondary N) is 1. The van der Waals surface area contributed by atoms with E-state index in [2.05, 4.69) is 19.5 Å². The molecule has 5 aliphatic rings. The van der Waals surface area contributed by atoms with Gasteiger partial charge in [-0.3, -0.25) is 0 Å². The van der Waals surface area contributed by atoms with Crippen molar-refractivity contribution in [3.8, 4) is 0 Å². The van der Waals surface area contributed by atoms with Crippen LogP contribution in [-0.4, -0.2) is 67.2 Å². The Kier molecular flexibility index (Phi) is 4.56. The van der Waals surface area contributed by atoms with Crippen LogP contribution in [0.1, 0.15) is 61.9 Å². The van der Waals surface area contributed by atoms with Crippen LogP contribution in [0.15, 0.2) is 35.5 Å². The topological polar surface area (TPSA) is 95.2 Å². The SMILES string of the molecule is C[S@@](=N)(=O)c1ccc(CC2CC3(C2)CN(C(=O)N2CC4(CC(n5cnc(C6CC6)n5)C4)C2)C3)cc1. The standard InChI is InChI=1S/C26H34N6O2S/c1-35(27,34)22-6-2-18(3-7-22)8-19-9-25(10-19)13-30(14-25)24(33)31-15-26(16-31)11-21(12-26)32-17-28-23(29-32)20-4-5-20/h2-3,6-7,17,19-21,27H,4-5,8-16H2,1H3/t35-/m1/s1. The van der Waals surface area contributed by atoms with E-state index in [4.69, 9.17) is 9.88 Å². The summed E-state index contributed by atoms with van der Waals surface area (Å²) in [7, 11) is -2.64. The molecule has 5 fully saturated rings. The Balaban J connectivity index is 0.844. The molecule has 2 spiro atoms. The van der Waals surface area contributed by atoms with E-state index in [0.29, 0.717) is 33.6 Å². The van der Waals surface area contributed by atoms with E-state index < -0.39 is 9.73 Å². The minimum Gasteiger partial charge on any atom is -0.323 e. The Labute approximate surface area is 207 Å². The number of likely N-dealkylation sites (tertiary alicyclic amines) is 2. The fourth-order valence-electron chi connectivity index (χ4n) is 7.16. The summed E-state index contributed by atoms with van der Waals surface area (Å²) in [6, 6.07) is 8.41.